The van der Waals surface area contributed by atoms with Crippen LogP contribution in [0.15, 0.2) is 15.9 Å². The van der Waals surface area contributed by atoms with E-state index in [9.17, 15) is 0 Å². The summed E-state index contributed by atoms with van der Waals surface area (Å²) in [4.78, 5) is 1.41. The Hall–Kier alpha value is 0.140. The third kappa shape index (κ3) is 4.11. The molecule has 0 aliphatic carbocycles. The van der Waals surface area contributed by atoms with E-state index in [1.165, 1.54) is 28.6 Å². The molecule has 3 heteroatoms. The van der Waals surface area contributed by atoms with Crippen molar-refractivity contribution in [3.05, 3.63) is 20.8 Å². The fourth-order valence-electron chi connectivity index (χ4n) is 1.49. The smallest absolute Gasteiger partial charge is 0.0302 e. The van der Waals surface area contributed by atoms with Crippen molar-refractivity contribution in [1.29, 1.82) is 0 Å². The topological polar surface area (TPSA) is 12.0 Å². The zero-order chi connectivity index (χ0) is 10.4. The van der Waals surface area contributed by atoms with E-state index in [1.54, 1.807) is 0 Å². The zero-order valence-corrected chi connectivity index (χ0v) is 11.2. The molecule has 1 rings (SSSR count). The average molecular weight is 276 g/mol. The first-order valence-corrected chi connectivity index (χ1v) is 6.89. The van der Waals surface area contributed by atoms with Crippen molar-refractivity contribution in [2.45, 2.75) is 45.7 Å². The Balaban J connectivity index is 2.31. The molecule has 14 heavy (non-hydrogen) atoms. The Bertz CT molecular complexity index is 260. The van der Waals surface area contributed by atoms with Gasteiger partial charge in [0.1, 0.15) is 0 Å². The minimum atomic E-state index is 0.681. The van der Waals surface area contributed by atoms with Crippen molar-refractivity contribution in [2.75, 3.05) is 0 Å². The van der Waals surface area contributed by atoms with Gasteiger partial charge < -0.3 is 5.32 Å². The zero-order valence-electron chi connectivity index (χ0n) is 8.85. The van der Waals surface area contributed by atoms with Crippen LogP contribution >= 0.6 is 27.3 Å². The van der Waals surface area contributed by atoms with E-state index in [0.29, 0.717) is 6.04 Å². The van der Waals surface area contributed by atoms with Crippen LogP contribution in [-0.2, 0) is 6.54 Å². The molecule has 0 radical (unpaired) electrons. The number of hydrogen-bond donors (Lipinski definition) is 1. The van der Waals surface area contributed by atoms with Crippen molar-refractivity contribution in [3.63, 3.8) is 0 Å². The lowest BCUT2D eigenvalue weighted by molar-refractivity contribution is 0.464. The van der Waals surface area contributed by atoms with E-state index < -0.39 is 0 Å². The van der Waals surface area contributed by atoms with Gasteiger partial charge in [-0.1, -0.05) is 20.3 Å². The first-order chi connectivity index (χ1) is 6.76. The Morgan fingerprint density at radius 1 is 1.50 bits per heavy atom. The number of halogens is 1. The molecule has 1 aromatic heterocycles. The molecule has 0 aromatic carbocycles. The van der Waals surface area contributed by atoms with Gasteiger partial charge >= 0.3 is 0 Å². The van der Waals surface area contributed by atoms with Crippen LogP contribution in [0, 0.1) is 0 Å². The molecular formula is C11H18BrNS. The Labute approximate surface area is 99.0 Å². The Kier molecular flexibility index (Phi) is 5.75. The summed E-state index contributed by atoms with van der Waals surface area (Å²) in [6.07, 6.45) is 3.77. The maximum Gasteiger partial charge on any atom is 0.0302 e. The van der Waals surface area contributed by atoms with E-state index in [4.69, 9.17) is 0 Å². The molecule has 0 fully saturated rings. The number of hydrogen-bond acceptors (Lipinski definition) is 2. The molecule has 80 valence electrons. The molecule has 1 unspecified atom stereocenters. The second kappa shape index (κ2) is 6.59. The Morgan fingerprint density at radius 2 is 2.29 bits per heavy atom. The van der Waals surface area contributed by atoms with Gasteiger partial charge in [-0.25, -0.2) is 0 Å². The lowest BCUT2D eigenvalue weighted by Crippen LogP contribution is -2.27. The first kappa shape index (κ1) is 12.2. The van der Waals surface area contributed by atoms with Gasteiger partial charge in [0.05, 0.1) is 0 Å². The highest BCUT2D eigenvalue weighted by atomic mass is 79.9. The van der Waals surface area contributed by atoms with Crippen molar-refractivity contribution >= 4 is 27.3 Å². The normalized spacial score (nSPS) is 13.1. The van der Waals surface area contributed by atoms with Crippen LogP contribution in [0.3, 0.4) is 0 Å². The van der Waals surface area contributed by atoms with E-state index in [2.05, 4.69) is 46.5 Å². The summed E-state index contributed by atoms with van der Waals surface area (Å²) >= 11 is 5.28. The molecular weight excluding hydrogens is 258 g/mol. The summed E-state index contributed by atoms with van der Waals surface area (Å²) in [6.45, 7) is 5.50. The van der Waals surface area contributed by atoms with E-state index in [1.807, 2.05) is 11.3 Å². The second-order valence-electron chi connectivity index (χ2n) is 3.51. The summed E-state index contributed by atoms with van der Waals surface area (Å²) in [7, 11) is 0. The standard InChI is InChI=1S/C11H18BrNS/c1-3-5-10(4-2)13-7-11-6-9(12)8-14-11/h6,8,10,13H,3-5,7H2,1-2H3. The molecule has 1 heterocycles. The summed E-state index contributed by atoms with van der Waals surface area (Å²) < 4.78 is 1.20. The molecule has 0 aliphatic rings. The molecule has 1 aromatic rings. The van der Waals surface area contributed by atoms with Crippen molar-refractivity contribution in [1.82, 2.24) is 5.32 Å². The quantitative estimate of drug-likeness (QED) is 0.822. The summed E-state index contributed by atoms with van der Waals surface area (Å²) in [6, 6.07) is 2.87. The molecule has 1 nitrogen and oxygen atoms in total. The van der Waals surface area contributed by atoms with Gasteiger partial charge in [-0.15, -0.1) is 11.3 Å². The van der Waals surface area contributed by atoms with Gasteiger partial charge in [-0.05, 0) is 34.8 Å². The molecule has 0 aliphatic heterocycles. The molecule has 0 spiro atoms. The lowest BCUT2D eigenvalue weighted by atomic mass is 10.1. The number of thiophene rings is 1. The van der Waals surface area contributed by atoms with Gasteiger partial charge in [-0.2, -0.15) is 0 Å². The molecule has 0 saturated carbocycles. The predicted molar refractivity (Wildman–Crippen MR) is 67.8 cm³/mol. The minimum Gasteiger partial charge on any atom is -0.309 e. The SMILES string of the molecule is CCCC(CC)NCc1cc(Br)cs1. The first-order valence-electron chi connectivity index (χ1n) is 5.22. The summed E-state index contributed by atoms with van der Waals surface area (Å²) in [5.74, 6) is 0. The molecule has 1 N–H and O–H groups in total. The maximum atomic E-state index is 3.59. The van der Waals surface area contributed by atoms with Crippen LogP contribution in [0.4, 0.5) is 0 Å². The average Bonchev–Trinajstić information content (AvgIpc) is 2.59. The fraction of sp³-hybridized carbons (Fsp3) is 0.636. The predicted octanol–water partition coefficient (Wildman–Crippen LogP) is 4.18. The molecule has 0 bridgehead atoms. The van der Waals surface area contributed by atoms with Gasteiger partial charge in [0, 0.05) is 27.3 Å². The van der Waals surface area contributed by atoms with Crippen molar-refractivity contribution in [3.8, 4) is 0 Å². The van der Waals surface area contributed by atoms with Gasteiger partial charge in [-0.3, -0.25) is 0 Å². The lowest BCUT2D eigenvalue weighted by Gasteiger charge is -2.14. The van der Waals surface area contributed by atoms with Crippen LogP contribution < -0.4 is 5.32 Å². The van der Waals surface area contributed by atoms with Gasteiger partial charge in [0.25, 0.3) is 0 Å². The molecule has 0 amide bonds. The highest BCUT2D eigenvalue weighted by Crippen LogP contribution is 2.19. The van der Waals surface area contributed by atoms with E-state index in [-0.39, 0.29) is 0 Å². The highest BCUT2D eigenvalue weighted by Gasteiger charge is 2.04. The maximum absolute atomic E-state index is 3.59. The monoisotopic (exact) mass is 275 g/mol. The second-order valence-corrected chi connectivity index (χ2v) is 5.42. The van der Waals surface area contributed by atoms with Gasteiger partial charge in [0.15, 0.2) is 0 Å². The fourth-order valence-corrected chi connectivity index (χ4v) is 2.89. The molecule has 1 atom stereocenters. The van der Waals surface area contributed by atoms with Crippen LogP contribution in [0.1, 0.15) is 38.0 Å². The summed E-state index contributed by atoms with van der Waals surface area (Å²) in [5, 5.41) is 5.73. The van der Waals surface area contributed by atoms with Gasteiger partial charge in [0.2, 0.25) is 0 Å². The molecule has 0 saturated heterocycles. The van der Waals surface area contributed by atoms with E-state index in [0.717, 1.165) is 6.54 Å². The summed E-state index contributed by atoms with van der Waals surface area (Å²) in [5.41, 5.74) is 0. The van der Waals surface area contributed by atoms with Crippen molar-refractivity contribution in [2.24, 2.45) is 0 Å². The third-order valence-corrected chi connectivity index (χ3v) is 4.01. The van der Waals surface area contributed by atoms with Crippen molar-refractivity contribution < 1.29 is 0 Å². The third-order valence-electron chi connectivity index (χ3n) is 2.32. The van der Waals surface area contributed by atoms with Crippen LogP contribution in [0.5, 0.6) is 0 Å². The highest BCUT2D eigenvalue weighted by molar-refractivity contribution is 9.10. The van der Waals surface area contributed by atoms with Crippen LogP contribution in [-0.4, -0.2) is 6.04 Å². The minimum absolute atomic E-state index is 0.681. The Morgan fingerprint density at radius 3 is 2.79 bits per heavy atom. The van der Waals surface area contributed by atoms with E-state index >= 15 is 0 Å². The number of rotatable bonds is 6. The van der Waals surface area contributed by atoms with Crippen LogP contribution in [0.25, 0.3) is 0 Å². The number of nitrogens with one attached hydrogen (secondary N) is 1. The van der Waals surface area contributed by atoms with Crippen LogP contribution in [0.2, 0.25) is 0 Å². The largest absolute Gasteiger partial charge is 0.309 e.